The third-order valence-corrected chi connectivity index (χ3v) is 4.66. The van der Waals surface area contributed by atoms with Gasteiger partial charge >= 0.3 is 0 Å². The minimum absolute atomic E-state index is 0.00550. The van der Waals surface area contributed by atoms with Crippen molar-refractivity contribution < 1.29 is 17.6 Å². The summed E-state index contributed by atoms with van der Waals surface area (Å²) in [7, 11) is -3.21. The van der Waals surface area contributed by atoms with Crippen LogP contribution in [0, 0.1) is 5.82 Å². The van der Waals surface area contributed by atoms with Gasteiger partial charge in [0.25, 0.3) is 0 Å². The van der Waals surface area contributed by atoms with Crippen molar-refractivity contribution in [2.75, 3.05) is 32.4 Å². The third-order valence-electron chi connectivity index (χ3n) is 3.36. The molecule has 1 aromatic carbocycles. The molecule has 1 saturated heterocycles. The second kappa shape index (κ2) is 5.88. The number of nitrogens with zero attached hydrogens (tertiary/aromatic N) is 2. The van der Waals surface area contributed by atoms with E-state index in [9.17, 15) is 17.6 Å². The molecule has 5 nitrogen and oxygen atoms in total. The first-order valence-corrected chi connectivity index (χ1v) is 8.19. The van der Waals surface area contributed by atoms with Crippen molar-refractivity contribution >= 4 is 15.9 Å². The molecule has 0 aromatic heterocycles. The number of benzene rings is 1. The number of hydrogen-bond donors (Lipinski definition) is 0. The Morgan fingerprint density at radius 3 is 2.35 bits per heavy atom. The van der Waals surface area contributed by atoms with Gasteiger partial charge in [0.15, 0.2) is 0 Å². The van der Waals surface area contributed by atoms with E-state index in [1.165, 1.54) is 10.4 Å². The number of halogens is 1. The highest BCUT2D eigenvalue weighted by Crippen LogP contribution is 2.11. The fourth-order valence-corrected chi connectivity index (χ4v) is 3.01. The number of carbonyl (C=O) groups excluding carboxylic acids is 1. The van der Waals surface area contributed by atoms with E-state index in [2.05, 4.69) is 0 Å². The average Bonchev–Trinajstić information content (AvgIpc) is 2.40. The van der Waals surface area contributed by atoms with Crippen LogP contribution < -0.4 is 0 Å². The molecule has 1 heterocycles. The number of hydrogen-bond acceptors (Lipinski definition) is 3. The normalized spacial score (nSPS) is 17.2. The summed E-state index contributed by atoms with van der Waals surface area (Å²) >= 11 is 0. The molecule has 0 unspecified atom stereocenters. The first kappa shape index (κ1) is 14.9. The highest BCUT2D eigenvalue weighted by atomic mass is 32.2. The Balaban J connectivity index is 1.94. The standard InChI is InChI=1S/C13H17FN2O3S/c1-20(18,19)16-8-6-15(7-9-16)13(17)10-11-4-2-3-5-12(11)14/h2-5H,6-10H2,1H3. The minimum Gasteiger partial charge on any atom is -0.340 e. The Morgan fingerprint density at radius 1 is 1.20 bits per heavy atom. The van der Waals surface area contributed by atoms with Gasteiger partial charge in [-0.2, -0.15) is 4.31 Å². The van der Waals surface area contributed by atoms with Gasteiger partial charge in [0.05, 0.1) is 12.7 Å². The molecule has 20 heavy (non-hydrogen) atoms. The summed E-state index contributed by atoms with van der Waals surface area (Å²) in [6.07, 6.45) is 1.16. The van der Waals surface area contributed by atoms with Crippen LogP contribution in [0.3, 0.4) is 0 Å². The molecule has 0 aliphatic carbocycles. The quantitative estimate of drug-likeness (QED) is 0.815. The number of amides is 1. The number of piperazine rings is 1. The molecule has 1 fully saturated rings. The topological polar surface area (TPSA) is 57.7 Å². The van der Waals surface area contributed by atoms with Crippen LogP contribution in [-0.2, 0) is 21.2 Å². The van der Waals surface area contributed by atoms with Gasteiger partial charge in [-0.05, 0) is 11.6 Å². The van der Waals surface area contributed by atoms with Crippen molar-refractivity contribution in [3.05, 3.63) is 35.6 Å². The van der Waals surface area contributed by atoms with Crippen LogP contribution in [0.15, 0.2) is 24.3 Å². The van der Waals surface area contributed by atoms with Crippen molar-refractivity contribution in [1.29, 1.82) is 0 Å². The van der Waals surface area contributed by atoms with Crippen LogP contribution in [0.2, 0.25) is 0 Å². The predicted molar refractivity (Wildman–Crippen MR) is 73.1 cm³/mol. The lowest BCUT2D eigenvalue weighted by atomic mass is 10.1. The van der Waals surface area contributed by atoms with E-state index < -0.39 is 15.8 Å². The van der Waals surface area contributed by atoms with E-state index in [4.69, 9.17) is 0 Å². The molecule has 0 saturated carbocycles. The molecule has 1 amide bonds. The lowest BCUT2D eigenvalue weighted by Gasteiger charge is -2.33. The molecule has 1 aliphatic rings. The zero-order chi connectivity index (χ0) is 14.8. The van der Waals surface area contributed by atoms with E-state index in [1.54, 1.807) is 23.1 Å². The van der Waals surface area contributed by atoms with Gasteiger partial charge in [0.2, 0.25) is 15.9 Å². The molecule has 110 valence electrons. The zero-order valence-corrected chi connectivity index (χ0v) is 12.1. The van der Waals surface area contributed by atoms with E-state index in [-0.39, 0.29) is 12.3 Å². The molecule has 1 aromatic rings. The molecule has 0 spiro atoms. The first-order valence-electron chi connectivity index (χ1n) is 6.34. The lowest BCUT2D eigenvalue weighted by molar-refractivity contribution is -0.131. The molecule has 1 aliphatic heterocycles. The maximum atomic E-state index is 13.5. The van der Waals surface area contributed by atoms with Crippen LogP contribution in [0.1, 0.15) is 5.56 Å². The van der Waals surface area contributed by atoms with Crippen molar-refractivity contribution in [3.8, 4) is 0 Å². The van der Waals surface area contributed by atoms with Crippen molar-refractivity contribution in [3.63, 3.8) is 0 Å². The van der Waals surface area contributed by atoms with E-state index in [1.807, 2.05) is 0 Å². The Labute approximate surface area is 118 Å². The van der Waals surface area contributed by atoms with E-state index in [0.717, 1.165) is 6.26 Å². The fourth-order valence-electron chi connectivity index (χ4n) is 2.19. The maximum Gasteiger partial charge on any atom is 0.227 e. The largest absolute Gasteiger partial charge is 0.340 e. The monoisotopic (exact) mass is 300 g/mol. The number of rotatable bonds is 3. The molecule has 0 radical (unpaired) electrons. The minimum atomic E-state index is -3.21. The molecular weight excluding hydrogens is 283 g/mol. The van der Waals surface area contributed by atoms with E-state index >= 15 is 0 Å². The molecular formula is C13H17FN2O3S. The smallest absolute Gasteiger partial charge is 0.227 e. The van der Waals surface area contributed by atoms with Crippen LogP contribution >= 0.6 is 0 Å². The van der Waals surface area contributed by atoms with Gasteiger partial charge in [0, 0.05) is 26.2 Å². The van der Waals surface area contributed by atoms with Crippen molar-refractivity contribution in [2.45, 2.75) is 6.42 Å². The summed E-state index contributed by atoms with van der Waals surface area (Å²) in [6.45, 7) is 1.28. The maximum absolute atomic E-state index is 13.5. The van der Waals surface area contributed by atoms with Gasteiger partial charge in [-0.1, -0.05) is 18.2 Å². The van der Waals surface area contributed by atoms with Crippen LogP contribution in [0.5, 0.6) is 0 Å². The second-order valence-corrected chi connectivity index (χ2v) is 6.79. The Kier molecular flexibility index (Phi) is 4.39. The molecule has 2 rings (SSSR count). The van der Waals surface area contributed by atoms with Crippen LogP contribution in [-0.4, -0.2) is 56.0 Å². The van der Waals surface area contributed by atoms with Crippen LogP contribution in [0.25, 0.3) is 0 Å². The molecule has 0 N–H and O–H groups in total. The van der Waals surface area contributed by atoms with Gasteiger partial charge < -0.3 is 4.90 Å². The Bertz CT molecular complexity index is 595. The average molecular weight is 300 g/mol. The first-order chi connectivity index (χ1) is 9.38. The molecule has 7 heteroatoms. The zero-order valence-electron chi connectivity index (χ0n) is 11.3. The number of carbonyl (C=O) groups is 1. The number of sulfonamides is 1. The van der Waals surface area contributed by atoms with Crippen molar-refractivity contribution in [2.24, 2.45) is 0 Å². The summed E-state index contributed by atoms with van der Waals surface area (Å²) < 4.78 is 37.6. The Morgan fingerprint density at radius 2 is 1.80 bits per heavy atom. The van der Waals surface area contributed by atoms with Crippen molar-refractivity contribution in [1.82, 2.24) is 9.21 Å². The van der Waals surface area contributed by atoms with Crippen LogP contribution in [0.4, 0.5) is 4.39 Å². The van der Waals surface area contributed by atoms with Gasteiger partial charge in [-0.15, -0.1) is 0 Å². The highest BCUT2D eigenvalue weighted by Gasteiger charge is 2.26. The predicted octanol–water partition coefficient (Wildman–Crippen LogP) is 0.472. The Hall–Kier alpha value is -1.47. The fraction of sp³-hybridized carbons (Fsp3) is 0.462. The second-order valence-electron chi connectivity index (χ2n) is 4.81. The van der Waals surface area contributed by atoms with Gasteiger partial charge in [-0.3, -0.25) is 4.79 Å². The van der Waals surface area contributed by atoms with E-state index in [0.29, 0.717) is 31.7 Å². The summed E-state index contributed by atoms with van der Waals surface area (Å²) in [5.74, 6) is -0.570. The SMILES string of the molecule is CS(=O)(=O)N1CCN(C(=O)Cc2ccccc2F)CC1. The third kappa shape index (κ3) is 3.55. The van der Waals surface area contributed by atoms with Gasteiger partial charge in [0.1, 0.15) is 5.82 Å². The summed E-state index contributed by atoms with van der Waals surface area (Å²) in [5.41, 5.74) is 0.364. The highest BCUT2D eigenvalue weighted by molar-refractivity contribution is 7.88. The lowest BCUT2D eigenvalue weighted by Crippen LogP contribution is -2.50. The molecule has 0 bridgehead atoms. The van der Waals surface area contributed by atoms with Gasteiger partial charge in [-0.25, -0.2) is 12.8 Å². The summed E-state index contributed by atoms with van der Waals surface area (Å²) in [4.78, 5) is 13.6. The summed E-state index contributed by atoms with van der Waals surface area (Å²) in [6, 6.07) is 6.17. The summed E-state index contributed by atoms with van der Waals surface area (Å²) in [5, 5.41) is 0. The molecule has 0 atom stereocenters.